The van der Waals surface area contributed by atoms with E-state index in [4.69, 9.17) is 0 Å². The maximum absolute atomic E-state index is 11.9. The van der Waals surface area contributed by atoms with Crippen LogP contribution >= 0.6 is 0 Å². The van der Waals surface area contributed by atoms with Crippen molar-refractivity contribution in [3.63, 3.8) is 0 Å². The molecule has 0 saturated heterocycles. The molecular formula is C13H16N2O4S. The molecule has 1 aromatic rings. The van der Waals surface area contributed by atoms with Gasteiger partial charge in [0, 0.05) is 25.6 Å². The molecule has 20 heavy (non-hydrogen) atoms. The lowest BCUT2D eigenvalue weighted by Crippen LogP contribution is -2.28. The lowest BCUT2D eigenvalue weighted by Gasteiger charge is -2.18. The highest BCUT2D eigenvalue weighted by molar-refractivity contribution is 7.90. The first-order valence-corrected chi connectivity index (χ1v) is 7.62. The fourth-order valence-electron chi connectivity index (χ4n) is 2.03. The number of rotatable bonds is 4. The maximum Gasteiger partial charge on any atom is 0.305 e. The number of fused-ring (bicyclic) bond motifs is 1. The fraction of sp³-hybridized carbons (Fsp3) is 0.385. The van der Waals surface area contributed by atoms with E-state index in [0.717, 1.165) is 0 Å². The molecule has 0 aromatic heterocycles. The van der Waals surface area contributed by atoms with Crippen molar-refractivity contribution in [3.05, 3.63) is 29.8 Å². The predicted octanol–water partition coefficient (Wildman–Crippen LogP) is 1.02. The van der Waals surface area contributed by atoms with Gasteiger partial charge in [-0.1, -0.05) is 12.1 Å². The van der Waals surface area contributed by atoms with Gasteiger partial charge in [-0.25, -0.2) is 0 Å². The summed E-state index contributed by atoms with van der Waals surface area (Å²) in [5.74, 6) is 0.144. The van der Waals surface area contributed by atoms with Gasteiger partial charge in [-0.05, 0) is 18.6 Å². The van der Waals surface area contributed by atoms with Crippen molar-refractivity contribution in [1.29, 1.82) is 0 Å². The number of carbonyl (C=O) groups is 1. The van der Waals surface area contributed by atoms with Crippen molar-refractivity contribution < 1.29 is 17.9 Å². The predicted molar refractivity (Wildman–Crippen MR) is 74.0 cm³/mol. The summed E-state index contributed by atoms with van der Waals surface area (Å²) in [6.07, 6.45) is 0.868. The Labute approximate surface area is 118 Å². The molecule has 0 amide bonds. The molecule has 6 nitrogen and oxygen atoms in total. The Hall–Kier alpha value is -1.89. The van der Waals surface area contributed by atoms with E-state index in [1.807, 2.05) is 0 Å². The number of amidine groups is 1. The van der Waals surface area contributed by atoms with E-state index < -0.39 is 10.0 Å². The van der Waals surface area contributed by atoms with Gasteiger partial charge in [-0.3, -0.25) is 4.79 Å². The number of nitrogens with zero attached hydrogens (tertiary/aromatic N) is 2. The second kappa shape index (κ2) is 5.62. The summed E-state index contributed by atoms with van der Waals surface area (Å²) in [6, 6.07) is 6.72. The molecule has 1 heterocycles. The topological polar surface area (TPSA) is 76.0 Å². The summed E-state index contributed by atoms with van der Waals surface area (Å²) in [5.41, 5.74) is 0.605. The van der Waals surface area contributed by atoms with Gasteiger partial charge in [0.15, 0.2) is 0 Å². The van der Waals surface area contributed by atoms with E-state index in [2.05, 4.69) is 9.13 Å². The Morgan fingerprint density at radius 3 is 2.75 bits per heavy atom. The van der Waals surface area contributed by atoms with Crippen molar-refractivity contribution >= 4 is 21.8 Å². The third kappa shape index (κ3) is 2.82. The van der Waals surface area contributed by atoms with Gasteiger partial charge in [-0.15, -0.1) is 4.40 Å². The average Bonchev–Trinajstić information content (AvgIpc) is 2.71. The molecule has 0 saturated carbocycles. The number of carbonyl (C=O) groups excluding carboxylic acids is 1. The van der Waals surface area contributed by atoms with E-state index in [0.29, 0.717) is 30.8 Å². The second-order valence-corrected chi connectivity index (χ2v) is 6.06. The van der Waals surface area contributed by atoms with Crippen LogP contribution < -0.4 is 0 Å². The molecule has 0 radical (unpaired) electrons. The zero-order valence-electron chi connectivity index (χ0n) is 11.4. The maximum atomic E-state index is 11.9. The third-order valence-corrected chi connectivity index (χ3v) is 4.40. The lowest BCUT2D eigenvalue weighted by atomic mass is 10.2. The van der Waals surface area contributed by atoms with Gasteiger partial charge in [0.1, 0.15) is 10.7 Å². The van der Waals surface area contributed by atoms with Crippen molar-refractivity contribution in [2.24, 2.45) is 4.40 Å². The normalized spacial score (nSPS) is 15.4. The molecule has 108 valence electrons. The van der Waals surface area contributed by atoms with E-state index in [-0.39, 0.29) is 10.9 Å². The minimum atomic E-state index is -3.59. The van der Waals surface area contributed by atoms with Crippen LogP contribution in [0.1, 0.15) is 18.4 Å². The molecular weight excluding hydrogens is 280 g/mol. The number of hydrogen-bond donors (Lipinski definition) is 0. The van der Waals surface area contributed by atoms with Crippen LogP contribution in [0.3, 0.4) is 0 Å². The number of sulfonamides is 1. The number of esters is 1. The Bertz CT molecular complexity index is 652. The Morgan fingerprint density at radius 2 is 2.05 bits per heavy atom. The SMILES string of the molecule is COC(=O)CCCN(C)C1=NS(=O)(=O)c2ccccc21. The van der Waals surface area contributed by atoms with Gasteiger partial charge in [0.2, 0.25) is 0 Å². The van der Waals surface area contributed by atoms with Crippen molar-refractivity contribution in [3.8, 4) is 0 Å². The highest BCUT2D eigenvalue weighted by atomic mass is 32.2. The average molecular weight is 296 g/mol. The molecule has 2 rings (SSSR count). The molecule has 0 aliphatic carbocycles. The minimum Gasteiger partial charge on any atom is -0.469 e. The number of ether oxygens (including phenoxy) is 1. The number of methoxy groups -OCH3 is 1. The quantitative estimate of drug-likeness (QED) is 0.775. The van der Waals surface area contributed by atoms with Crippen molar-refractivity contribution in [2.45, 2.75) is 17.7 Å². The van der Waals surface area contributed by atoms with Crippen LogP contribution in [-0.4, -0.2) is 45.8 Å². The minimum absolute atomic E-state index is 0.231. The summed E-state index contributed by atoms with van der Waals surface area (Å²) in [5, 5.41) is 0. The van der Waals surface area contributed by atoms with Crippen LogP contribution in [-0.2, 0) is 19.6 Å². The molecule has 0 atom stereocenters. The standard InChI is InChI=1S/C13H16N2O4S/c1-15(9-5-8-12(16)19-2)13-10-6-3-4-7-11(10)20(17,18)14-13/h3-4,6-7H,5,8-9H2,1-2H3. The highest BCUT2D eigenvalue weighted by Crippen LogP contribution is 2.26. The van der Waals surface area contributed by atoms with Gasteiger partial charge in [0.25, 0.3) is 10.0 Å². The van der Waals surface area contributed by atoms with Crippen LogP contribution in [0, 0.1) is 0 Å². The molecule has 0 fully saturated rings. The first kappa shape index (κ1) is 14.5. The summed E-state index contributed by atoms with van der Waals surface area (Å²) >= 11 is 0. The third-order valence-electron chi connectivity index (χ3n) is 3.08. The van der Waals surface area contributed by atoms with Gasteiger partial charge in [0.05, 0.1) is 7.11 Å². The first-order chi connectivity index (χ1) is 9.45. The number of hydrogen-bond acceptors (Lipinski definition) is 5. The molecule has 1 aliphatic heterocycles. The van der Waals surface area contributed by atoms with Crippen LogP contribution in [0.25, 0.3) is 0 Å². The Morgan fingerprint density at radius 1 is 1.35 bits per heavy atom. The molecule has 1 aromatic carbocycles. The Kier molecular flexibility index (Phi) is 4.08. The molecule has 0 bridgehead atoms. The van der Waals surface area contributed by atoms with E-state index in [1.54, 1.807) is 36.2 Å². The molecule has 7 heteroatoms. The smallest absolute Gasteiger partial charge is 0.305 e. The van der Waals surface area contributed by atoms with Gasteiger partial charge < -0.3 is 9.64 Å². The molecule has 0 unspecified atom stereocenters. The summed E-state index contributed by atoms with van der Waals surface area (Å²) in [4.78, 5) is 13.0. The van der Waals surface area contributed by atoms with Gasteiger partial charge >= 0.3 is 5.97 Å². The fourth-order valence-corrected chi connectivity index (χ4v) is 3.28. The molecule has 1 aliphatic rings. The van der Waals surface area contributed by atoms with Crippen LogP contribution in [0.5, 0.6) is 0 Å². The lowest BCUT2D eigenvalue weighted by molar-refractivity contribution is -0.140. The largest absolute Gasteiger partial charge is 0.469 e. The summed E-state index contributed by atoms with van der Waals surface area (Å²) in [7, 11) is -0.490. The molecule has 0 N–H and O–H groups in total. The number of benzene rings is 1. The zero-order chi connectivity index (χ0) is 14.8. The summed E-state index contributed by atoms with van der Waals surface area (Å²) < 4.78 is 32.2. The first-order valence-electron chi connectivity index (χ1n) is 6.18. The van der Waals surface area contributed by atoms with Crippen molar-refractivity contribution in [1.82, 2.24) is 4.90 Å². The Balaban J connectivity index is 2.12. The van der Waals surface area contributed by atoms with Crippen LogP contribution in [0.2, 0.25) is 0 Å². The summed E-state index contributed by atoms with van der Waals surface area (Å²) in [6.45, 7) is 0.526. The monoisotopic (exact) mass is 296 g/mol. The van der Waals surface area contributed by atoms with Crippen LogP contribution in [0.4, 0.5) is 0 Å². The van der Waals surface area contributed by atoms with E-state index in [9.17, 15) is 13.2 Å². The van der Waals surface area contributed by atoms with E-state index in [1.165, 1.54) is 7.11 Å². The molecule has 0 spiro atoms. The van der Waals surface area contributed by atoms with Gasteiger partial charge in [-0.2, -0.15) is 8.42 Å². The van der Waals surface area contributed by atoms with Crippen LogP contribution in [0.15, 0.2) is 33.6 Å². The van der Waals surface area contributed by atoms with Crippen molar-refractivity contribution in [2.75, 3.05) is 20.7 Å². The zero-order valence-corrected chi connectivity index (χ0v) is 12.2. The second-order valence-electron chi connectivity index (χ2n) is 4.49. The van der Waals surface area contributed by atoms with E-state index >= 15 is 0 Å². The highest BCUT2D eigenvalue weighted by Gasteiger charge is 2.30.